The number of nitrogens with zero attached hydrogens (tertiary/aromatic N) is 1. The molecule has 1 aromatic heterocycles. The van der Waals surface area contributed by atoms with Gasteiger partial charge in [-0.2, -0.15) is 0 Å². The van der Waals surface area contributed by atoms with E-state index in [0.717, 1.165) is 36.3 Å². The minimum atomic E-state index is -0.839. The fourth-order valence-corrected chi connectivity index (χ4v) is 2.90. The largest absolute Gasteiger partial charge is 0.478 e. The topological polar surface area (TPSA) is 50.2 Å². The molecule has 0 unspecified atom stereocenters. The maximum Gasteiger partial charge on any atom is 0.328 e. The smallest absolute Gasteiger partial charge is 0.328 e. The Morgan fingerprint density at radius 2 is 2.40 bits per heavy atom. The van der Waals surface area contributed by atoms with Crippen LogP contribution in [0.5, 0.6) is 0 Å². The summed E-state index contributed by atoms with van der Waals surface area (Å²) in [6, 6.07) is 0. The average molecular weight is 223 g/mol. The van der Waals surface area contributed by atoms with Crippen molar-refractivity contribution >= 4 is 17.3 Å². The molecule has 80 valence electrons. The number of rotatable bonds is 2. The van der Waals surface area contributed by atoms with Crippen LogP contribution in [0.2, 0.25) is 0 Å². The number of carbonyl (C=O) groups is 1. The van der Waals surface area contributed by atoms with Gasteiger partial charge in [0.05, 0.1) is 10.7 Å². The van der Waals surface area contributed by atoms with Crippen molar-refractivity contribution in [1.82, 2.24) is 4.98 Å². The van der Waals surface area contributed by atoms with Crippen LogP contribution in [0.3, 0.4) is 0 Å². The number of allylic oxidation sites excluding steroid dienone is 1. The van der Waals surface area contributed by atoms with Gasteiger partial charge in [-0.3, -0.25) is 0 Å². The molecule has 15 heavy (non-hydrogen) atoms. The monoisotopic (exact) mass is 223 g/mol. The highest BCUT2D eigenvalue weighted by Crippen LogP contribution is 2.29. The summed E-state index contributed by atoms with van der Waals surface area (Å²) < 4.78 is 0. The van der Waals surface area contributed by atoms with Gasteiger partial charge in [0.15, 0.2) is 0 Å². The van der Waals surface area contributed by atoms with Gasteiger partial charge in [-0.05, 0) is 19.3 Å². The summed E-state index contributed by atoms with van der Waals surface area (Å²) in [5.41, 5.74) is 2.20. The first-order valence-corrected chi connectivity index (χ1v) is 5.90. The average Bonchev–Trinajstić information content (AvgIpc) is 2.58. The Balaban J connectivity index is 2.22. The zero-order valence-corrected chi connectivity index (χ0v) is 9.43. The lowest BCUT2D eigenvalue weighted by Crippen LogP contribution is -2.05. The Labute approximate surface area is 92.5 Å². The van der Waals surface area contributed by atoms with E-state index in [0.29, 0.717) is 0 Å². The molecule has 1 heterocycles. The quantitative estimate of drug-likeness (QED) is 0.782. The molecule has 4 heteroatoms. The number of thiazole rings is 1. The van der Waals surface area contributed by atoms with Gasteiger partial charge in [0.2, 0.25) is 0 Å². The molecular formula is C11H13NO2S. The molecule has 3 nitrogen and oxygen atoms in total. The Bertz CT molecular complexity index is 420. The van der Waals surface area contributed by atoms with Gasteiger partial charge in [0.1, 0.15) is 0 Å². The zero-order chi connectivity index (χ0) is 10.8. The van der Waals surface area contributed by atoms with E-state index in [9.17, 15) is 4.79 Å². The molecule has 0 saturated carbocycles. The van der Waals surface area contributed by atoms with Gasteiger partial charge in [-0.15, -0.1) is 11.3 Å². The van der Waals surface area contributed by atoms with Crippen LogP contribution in [0, 0.1) is 0 Å². The van der Waals surface area contributed by atoms with Gasteiger partial charge in [0, 0.05) is 17.4 Å². The van der Waals surface area contributed by atoms with E-state index in [2.05, 4.69) is 11.9 Å². The predicted molar refractivity (Wildman–Crippen MR) is 59.2 cm³/mol. The summed E-state index contributed by atoms with van der Waals surface area (Å²) in [5, 5.41) is 9.84. The highest BCUT2D eigenvalue weighted by Gasteiger charge is 2.18. The summed E-state index contributed by atoms with van der Waals surface area (Å²) in [5.74, 6) is -0.839. The normalized spacial score (nSPS) is 17.8. The SMILES string of the molecule is CCc1nc2c(s1)C/C(=C/C(=O)O)CC2. The van der Waals surface area contributed by atoms with Crippen LogP contribution >= 0.6 is 11.3 Å². The number of aryl methyl sites for hydroxylation is 2. The fraction of sp³-hybridized carbons (Fsp3) is 0.455. The second-order valence-corrected chi connectivity index (χ2v) is 4.82. The first-order valence-electron chi connectivity index (χ1n) is 5.09. The standard InChI is InChI=1S/C11H13NO2S/c1-2-10-12-8-4-3-7(6-11(13)14)5-9(8)15-10/h6H,2-5H2,1H3,(H,13,14)/b7-6+. The lowest BCUT2D eigenvalue weighted by Gasteiger charge is -2.12. The molecule has 1 aromatic rings. The third-order valence-electron chi connectivity index (χ3n) is 2.52. The van der Waals surface area contributed by atoms with E-state index in [1.54, 1.807) is 11.3 Å². The molecule has 1 aliphatic rings. The molecule has 0 atom stereocenters. The van der Waals surface area contributed by atoms with E-state index < -0.39 is 5.97 Å². The Kier molecular flexibility index (Phi) is 2.86. The first kappa shape index (κ1) is 10.4. The molecule has 0 fully saturated rings. The number of carboxylic acids is 1. The third kappa shape index (κ3) is 2.26. The number of carboxylic acid groups (broad SMARTS) is 1. The molecule has 0 aromatic carbocycles. The summed E-state index contributed by atoms with van der Waals surface area (Å²) >= 11 is 1.72. The van der Waals surface area contributed by atoms with Crippen molar-refractivity contribution in [2.45, 2.75) is 32.6 Å². The van der Waals surface area contributed by atoms with E-state index in [-0.39, 0.29) is 0 Å². The molecule has 0 bridgehead atoms. The second kappa shape index (κ2) is 4.14. The van der Waals surface area contributed by atoms with Crippen LogP contribution in [0.1, 0.15) is 28.9 Å². The minimum Gasteiger partial charge on any atom is -0.478 e. The van der Waals surface area contributed by atoms with Gasteiger partial charge in [-0.1, -0.05) is 12.5 Å². The summed E-state index contributed by atoms with van der Waals surface area (Å²) in [7, 11) is 0. The van der Waals surface area contributed by atoms with E-state index >= 15 is 0 Å². The number of aromatic nitrogens is 1. The first-order chi connectivity index (χ1) is 7.19. The summed E-state index contributed by atoms with van der Waals surface area (Å²) in [4.78, 5) is 16.3. The molecule has 1 N–H and O–H groups in total. The molecule has 0 amide bonds. The van der Waals surface area contributed by atoms with Crippen molar-refractivity contribution in [3.8, 4) is 0 Å². The van der Waals surface area contributed by atoms with E-state index in [1.807, 2.05) is 0 Å². The minimum absolute atomic E-state index is 0.777. The van der Waals surface area contributed by atoms with Crippen molar-refractivity contribution < 1.29 is 9.90 Å². The number of aliphatic carboxylic acids is 1. The van der Waals surface area contributed by atoms with Crippen LogP contribution < -0.4 is 0 Å². The van der Waals surface area contributed by atoms with Crippen molar-refractivity contribution in [3.05, 3.63) is 27.2 Å². The summed E-state index contributed by atoms with van der Waals surface area (Å²) in [6.45, 7) is 2.10. The van der Waals surface area contributed by atoms with Gasteiger partial charge < -0.3 is 5.11 Å². The highest BCUT2D eigenvalue weighted by molar-refractivity contribution is 7.11. The Morgan fingerprint density at radius 1 is 1.60 bits per heavy atom. The fourth-order valence-electron chi connectivity index (χ4n) is 1.79. The van der Waals surface area contributed by atoms with Gasteiger partial charge in [0.25, 0.3) is 0 Å². The van der Waals surface area contributed by atoms with Crippen molar-refractivity contribution in [3.63, 3.8) is 0 Å². The lowest BCUT2D eigenvalue weighted by molar-refractivity contribution is -0.131. The number of hydrogen-bond donors (Lipinski definition) is 1. The van der Waals surface area contributed by atoms with Crippen molar-refractivity contribution in [2.24, 2.45) is 0 Å². The van der Waals surface area contributed by atoms with Crippen LogP contribution in [0.15, 0.2) is 11.6 Å². The van der Waals surface area contributed by atoms with Gasteiger partial charge in [-0.25, -0.2) is 9.78 Å². The third-order valence-corrected chi connectivity index (χ3v) is 3.77. The molecular weight excluding hydrogens is 210 g/mol. The molecule has 0 radical (unpaired) electrons. The zero-order valence-electron chi connectivity index (χ0n) is 8.62. The molecule has 0 saturated heterocycles. The Hall–Kier alpha value is -1.16. The lowest BCUT2D eigenvalue weighted by atomic mass is 9.97. The van der Waals surface area contributed by atoms with Crippen LogP contribution in [-0.2, 0) is 24.1 Å². The van der Waals surface area contributed by atoms with Crippen LogP contribution in [0.25, 0.3) is 0 Å². The maximum atomic E-state index is 10.6. The molecule has 2 rings (SSSR count). The van der Waals surface area contributed by atoms with Gasteiger partial charge >= 0.3 is 5.97 Å². The second-order valence-electron chi connectivity index (χ2n) is 3.65. The Morgan fingerprint density at radius 3 is 3.07 bits per heavy atom. The number of fused-ring (bicyclic) bond motifs is 1. The van der Waals surface area contributed by atoms with Crippen LogP contribution in [0.4, 0.5) is 0 Å². The number of hydrogen-bond acceptors (Lipinski definition) is 3. The van der Waals surface area contributed by atoms with E-state index in [1.165, 1.54) is 16.6 Å². The summed E-state index contributed by atoms with van der Waals surface area (Å²) in [6.07, 6.45) is 4.82. The van der Waals surface area contributed by atoms with E-state index in [4.69, 9.17) is 5.11 Å². The maximum absolute atomic E-state index is 10.6. The molecule has 0 aliphatic heterocycles. The van der Waals surface area contributed by atoms with Crippen molar-refractivity contribution in [2.75, 3.05) is 0 Å². The van der Waals surface area contributed by atoms with Crippen LogP contribution in [-0.4, -0.2) is 16.1 Å². The molecule has 0 spiro atoms. The molecule has 1 aliphatic carbocycles. The van der Waals surface area contributed by atoms with Crippen molar-refractivity contribution in [1.29, 1.82) is 0 Å². The highest BCUT2D eigenvalue weighted by atomic mass is 32.1. The predicted octanol–water partition coefficient (Wildman–Crippen LogP) is 2.21.